The molecule has 1 unspecified atom stereocenters. The molecule has 0 bridgehead atoms. The molecule has 19 heavy (non-hydrogen) atoms. The molecule has 1 aliphatic rings. The van der Waals surface area contributed by atoms with Gasteiger partial charge in [-0.25, -0.2) is 4.79 Å². The third kappa shape index (κ3) is 5.46. The van der Waals surface area contributed by atoms with E-state index >= 15 is 0 Å². The van der Waals surface area contributed by atoms with Gasteiger partial charge in [-0.3, -0.25) is 4.79 Å². The molecular weight excluding hydrogens is 248 g/mol. The number of rotatable bonds is 5. The molecule has 1 rings (SSSR count). The van der Waals surface area contributed by atoms with Crippen LogP contribution in [0, 0.1) is 5.41 Å². The second-order valence-corrected chi connectivity index (χ2v) is 5.79. The second kappa shape index (κ2) is 6.75. The third-order valence-corrected chi connectivity index (χ3v) is 3.62. The van der Waals surface area contributed by atoms with Crippen LogP contribution in [0.15, 0.2) is 0 Å². The lowest BCUT2D eigenvalue weighted by Crippen LogP contribution is -2.48. The van der Waals surface area contributed by atoms with Gasteiger partial charge in [-0.2, -0.15) is 0 Å². The SMILES string of the molecule is COC(CNC(=O)N1CCC(C)(C)CC1)CC(=O)O. The predicted molar refractivity (Wildman–Crippen MR) is 71.0 cm³/mol. The summed E-state index contributed by atoms with van der Waals surface area (Å²) >= 11 is 0. The maximum atomic E-state index is 11.9. The van der Waals surface area contributed by atoms with Crippen LogP contribution in [0.25, 0.3) is 0 Å². The number of methoxy groups -OCH3 is 1. The van der Waals surface area contributed by atoms with E-state index < -0.39 is 12.1 Å². The molecule has 0 aromatic rings. The fraction of sp³-hybridized carbons (Fsp3) is 0.846. The van der Waals surface area contributed by atoms with Gasteiger partial charge < -0.3 is 20.1 Å². The third-order valence-electron chi connectivity index (χ3n) is 3.62. The lowest BCUT2D eigenvalue weighted by molar-refractivity contribution is -0.139. The van der Waals surface area contributed by atoms with Crippen LogP contribution < -0.4 is 5.32 Å². The Morgan fingerprint density at radius 2 is 1.95 bits per heavy atom. The maximum absolute atomic E-state index is 11.9. The van der Waals surface area contributed by atoms with Crippen molar-refractivity contribution < 1.29 is 19.4 Å². The molecule has 2 N–H and O–H groups in total. The molecule has 0 radical (unpaired) electrons. The van der Waals surface area contributed by atoms with Crippen LogP contribution in [0.4, 0.5) is 4.79 Å². The van der Waals surface area contributed by atoms with Gasteiger partial charge in [0.2, 0.25) is 0 Å². The predicted octanol–water partition coefficient (Wildman–Crippen LogP) is 1.31. The molecule has 1 heterocycles. The van der Waals surface area contributed by atoms with Crippen molar-refractivity contribution >= 4 is 12.0 Å². The molecular formula is C13H24N2O4. The molecule has 110 valence electrons. The highest BCUT2D eigenvalue weighted by molar-refractivity contribution is 5.74. The van der Waals surface area contributed by atoms with Gasteiger partial charge in [-0.15, -0.1) is 0 Å². The maximum Gasteiger partial charge on any atom is 0.317 e. The largest absolute Gasteiger partial charge is 0.481 e. The molecule has 0 saturated carbocycles. The van der Waals surface area contributed by atoms with Crippen molar-refractivity contribution in [2.45, 2.75) is 39.2 Å². The van der Waals surface area contributed by atoms with Gasteiger partial charge in [-0.05, 0) is 18.3 Å². The van der Waals surface area contributed by atoms with Gasteiger partial charge in [-0.1, -0.05) is 13.8 Å². The number of ether oxygens (including phenoxy) is 1. The highest BCUT2D eigenvalue weighted by atomic mass is 16.5. The van der Waals surface area contributed by atoms with E-state index in [0.717, 1.165) is 25.9 Å². The van der Waals surface area contributed by atoms with Crippen molar-refractivity contribution in [2.24, 2.45) is 5.41 Å². The lowest BCUT2D eigenvalue weighted by Gasteiger charge is -2.37. The van der Waals surface area contributed by atoms with Gasteiger partial charge >= 0.3 is 12.0 Å². The van der Waals surface area contributed by atoms with E-state index in [2.05, 4.69) is 19.2 Å². The van der Waals surface area contributed by atoms with E-state index in [0.29, 0.717) is 5.41 Å². The second-order valence-electron chi connectivity index (χ2n) is 5.79. The Balaban J connectivity index is 2.33. The first-order chi connectivity index (χ1) is 8.84. The topological polar surface area (TPSA) is 78.9 Å². The first-order valence-corrected chi connectivity index (χ1v) is 6.61. The summed E-state index contributed by atoms with van der Waals surface area (Å²) in [7, 11) is 1.45. The average molecular weight is 272 g/mol. The monoisotopic (exact) mass is 272 g/mol. The molecule has 6 nitrogen and oxygen atoms in total. The standard InChI is InChI=1S/C13H24N2O4/c1-13(2)4-6-15(7-5-13)12(18)14-9-10(19-3)8-11(16)17/h10H,4-9H2,1-3H3,(H,14,18)(H,16,17). The summed E-state index contributed by atoms with van der Waals surface area (Å²) in [6.45, 7) is 6.12. The van der Waals surface area contributed by atoms with E-state index in [4.69, 9.17) is 9.84 Å². The van der Waals surface area contributed by atoms with Crippen LogP contribution in [0.2, 0.25) is 0 Å². The Labute approximate surface area is 114 Å². The molecule has 0 spiro atoms. The van der Waals surface area contributed by atoms with Crippen LogP contribution in [0.5, 0.6) is 0 Å². The Hall–Kier alpha value is -1.30. The van der Waals surface area contributed by atoms with Crippen LogP contribution in [-0.2, 0) is 9.53 Å². The highest BCUT2D eigenvalue weighted by Crippen LogP contribution is 2.29. The summed E-state index contributed by atoms with van der Waals surface area (Å²) in [6, 6.07) is -0.136. The zero-order valence-corrected chi connectivity index (χ0v) is 11.9. The van der Waals surface area contributed by atoms with Gasteiger partial charge in [0.25, 0.3) is 0 Å². The molecule has 0 aliphatic carbocycles. The molecule has 0 aromatic heterocycles. The number of carbonyl (C=O) groups excluding carboxylic acids is 1. The van der Waals surface area contributed by atoms with E-state index in [-0.39, 0.29) is 19.0 Å². The van der Waals surface area contributed by atoms with Crippen molar-refractivity contribution in [3.05, 3.63) is 0 Å². The number of nitrogens with one attached hydrogen (secondary N) is 1. The molecule has 6 heteroatoms. The molecule has 1 saturated heterocycles. The number of aliphatic carboxylic acids is 1. The van der Waals surface area contributed by atoms with Crippen molar-refractivity contribution in [1.29, 1.82) is 0 Å². The minimum Gasteiger partial charge on any atom is -0.481 e. The minimum atomic E-state index is -0.930. The van der Waals surface area contributed by atoms with Crippen molar-refractivity contribution in [3.8, 4) is 0 Å². The Morgan fingerprint density at radius 3 is 2.42 bits per heavy atom. The number of carboxylic acids is 1. The quantitative estimate of drug-likeness (QED) is 0.791. The van der Waals surface area contributed by atoms with Crippen LogP contribution in [0.1, 0.15) is 33.1 Å². The zero-order valence-electron chi connectivity index (χ0n) is 11.9. The van der Waals surface area contributed by atoms with E-state index in [9.17, 15) is 9.59 Å². The molecule has 2 amide bonds. The number of amides is 2. The Bertz CT molecular complexity index is 321. The summed E-state index contributed by atoms with van der Waals surface area (Å²) in [4.78, 5) is 24.3. The minimum absolute atomic E-state index is 0.107. The van der Waals surface area contributed by atoms with Crippen molar-refractivity contribution in [2.75, 3.05) is 26.7 Å². The van der Waals surface area contributed by atoms with Crippen LogP contribution in [0.3, 0.4) is 0 Å². The van der Waals surface area contributed by atoms with Gasteiger partial charge in [0, 0.05) is 26.7 Å². The number of hydrogen-bond acceptors (Lipinski definition) is 3. The molecule has 0 aromatic carbocycles. The summed E-state index contributed by atoms with van der Waals surface area (Å²) in [6.07, 6.45) is 1.39. The van der Waals surface area contributed by atoms with Gasteiger partial charge in [0.1, 0.15) is 0 Å². The lowest BCUT2D eigenvalue weighted by atomic mass is 9.83. The highest BCUT2D eigenvalue weighted by Gasteiger charge is 2.28. The van der Waals surface area contributed by atoms with E-state index in [1.54, 1.807) is 4.90 Å². The summed E-state index contributed by atoms with van der Waals surface area (Å²) in [5.74, 6) is -0.930. The molecule has 1 aliphatic heterocycles. The number of nitrogens with zero attached hydrogens (tertiary/aromatic N) is 1. The molecule has 1 fully saturated rings. The smallest absolute Gasteiger partial charge is 0.317 e. The zero-order chi connectivity index (χ0) is 14.5. The number of carboxylic acid groups (broad SMARTS) is 1. The van der Waals surface area contributed by atoms with Gasteiger partial charge in [0.15, 0.2) is 0 Å². The van der Waals surface area contributed by atoms with Gasteiger partial charge in [0.05, 0.1) is 12.5 Å². The van der Waals surface area contributed by atoms with Crippen molar-refractivity contribution in [3.63, 3.8) is 0 Å². The number of hydrogen-bond donors (Lipinski definition) is 2. The molecule has 1 atom stereocenters. The first kappa shape index (κ1) is 15.8. The normalized spacial score (nSPS) is 19.8. The fourth-order valence-corrected chi connectivity index (χ4v) is 2.06. The summed E-state index contributed by atoms with van der Waals surface area (Å²) < 4.78 is 5.02. The van der Waals surface area contributed by atoms with Crippen LogP contribution >= 0.6 is 0 Å². The number of urea groups is 1. The van der Waals surface area contributed by atoms with E-state index in [1.165, 1.54) is 7.11 Å². The average Bonchev–Trinajstić information content (AvgIpc) is 2.33. The van der Waals surface area contributed by atoms with Crippen LogP contribution in [-0.4, -0.2) is 54.9 Å². The van der Waals surface area contributed by atoms with Crippen molar-refractivity contribution in [1.82, 2.24) is 10.2 Å². The first-order valence-electron chi connectivity index (χ1n) is 6.61. The number of piperidine rings is 1. The number of likely N-dealkylation sites (tertiary alicyclic amines) is 1. The summed E-state index contributed by atoms with van der Waals surface area (Å²) in [5.41, 5.74) is 0.301. The number of carbonyl (C=O) groups is 2. The fourth-order valence-electron chi connectivity index (χ4n) is 2.06. The Morgan fingerprint density at radius 1 is 1.37 bits per heavy atom. The summed E-state index contributed by atoms with van der Waals surface area (Å²) in [5, 5.41) is 11.4. The van der Waals surface area contributed by atoms with E-state index in [1.807, 2.05) is 0 Å². The Kier molecular flexibility index (Phi) is 5.60.